The molecule has 31 heavy (non-hydrogen) atoms. The van der Waals surface area contributed by atoms with Gasteiger partial charge in [-0.15, -0.1) is 0 Å². The van der Waals surface area contributed by atoms with Crippen molar-refractivity contribution in [3.63, 3.8) is 0 Å². The Morgan fingerprint density at radius 3 is 2.32 bits per heavy atom. The van der Waals surface area contributed by atoms with E-state index in [1.807, 2.05) is 19.9 Å². The molecule has 1 aromatic carbocycles. The molecular weight excluding hydrogens is 436 g/mol. The lowest BCUT2D eigenvalue weighted by Gasteiger charge is -2.35. The van der Waals surface area contributed by atoms with Crippen LogP contribution in [0.3, 0.4) is 0 Å². The molecule has 0 atom stereocenters. The molecule has 2 aromatic rings. The van der Waals surface area contributed by atoms with Crippen LogP contribution in [0, 0.1) is 0 Å². The molecule has 9 heteroatoms. The summed E-state index contributed by atoms with van der Waals surface area (Å²) in [5, 5.41) is 0.605. The van der Waals surface area contributed by atoms with Gasteiger partial charge in [0.2, 0.25) is 15.9 Å². The fourth-order valence-corrected chi connectivity index (χ4v) is 5.18. The highest BCUT2D eigenvalue weighted by Crippen LogP contribution is 2.23. The summed E-state index contributed by atoms with van der Waals surface area (Å²) in [7, 11) is -3.48. The van der Waals surface area contributed by atoms with E-state index in [1.54, 1.807) is 47.5 Å². The van der Waals surface area contributed by atoms with Gasteiger partial charge in [-0.2, -0.15) is 4.31 Å². The number of amides is 1. The Hall–Kier alpha value is -2.42. The van der Waals surface area contributed by atoms with Crippen LogP contribution in [0.5, 0.6) is 0 Å². The number of carbonyl (C=O) groups is 1. The molecule has 2 heterocycles. The molecule has 166 valence electrons. The maximum absolute atomic E-state index is 12.6. The average Bonchev–Trinajstić information content (AvgIpc) is 2.79. The van der Waals surface area contributed by atoms with E-state index in [0.29, 0.717) is 44.3 Å². The van der Waals surface area contributed by atoms with Gasteiger partial charge < -0.3 is 9.80 Å². The predicted molar refractivity (Wildman–Crippen MR) is 124 cm³/mol. The standard InChI is InChI=1S/C22H27ClN4O3S/c1-3-27(4-2)31(29,30)19-10-7-18(8-11-19)9-12-21(28)25-14-16-26(17-15-25)22-20(23)6-5-13-24-22/h5-13H,3-4,14-17H2,1-2H3/b12-9+. The lowest BCUT2D eigenvalue weighted by atomic mass is 10.2. The monoisotopic (exact) mass is 462 g/mol. The minimum atomic E-state index is -3.48. The number of aromatic nitrogens is 1. The number of nitrogens with zero attached hydrogens (tertiary/aromatic N) is 4. The van der Waals surface area contributed by atoms with Gasteiger partial charge in [0.1, 0.15) is 5.82 Å². The zero-order valence-electron chi connectivity index (χ0n) is 17.7. The zero-order chi connectivity index (χ0) is 22.4. The van der Waals surface area contributed by atoms with Gasteiger partial charge in [-0.05, 0) is 35.9 Å². The minimum absolute atomic E-state index is 0.0772. The molecule has 0 aliphatic carbocycles. The molecule has 0 spiro atoms. The highest BCUT2D eigenvalue weighted by molar-refractivity contribution is 7.89. The first-order chi connectivity index (χ1) is 14.9. The Kier molecular flexibility index (Phi) is 7.69. The van der Waals surface area contributed by atoms with Crippen molar-refractivity contribution in [1.82, 2.24) is 14.2 Å². The molecule has 1 amide bonds. The molecule has 0 radical (unpaired) electrons. The third-order valence-electron chi connectivity index (χ3n) is 5.27. The minimum Gasteiger partial charge on any atom is -0.352 e. The summed E-state index contributed by atoms with van der Waals surface area (Å²) in [6, 6.07) is 10.2. The maximum Gasteiger partial charge on any atom is 0.246 e. The van der Waals surface area contributed by atoms with E-state index in [9.17, 15) is 13.2 Å². The molecule has 1 aliphatic heterocycles. The molecule has 1 saturated heterocycles. The number of carbonyl (C=O) groups excluding carboxylic acids is 1. The van der Waals surface area contributed by atoms with E-state index in [1.165, 1.54) is 10.4 Å². The largest absolute Gasteiger partial charge is 0.352 e. The van der Waals surface area contributed by atoms with Crippen LogP contribution in [0.25, 0.3) is 6.08 Å². The first-order valence-electron chi connectivity index (χ1n) is 10.3. The fourth-order valence-electron chi connectivity index (χ4n) is 3.49. The first kappa shape index (κ1) is 23.2. The summed E-state index contributed by atoms with van der Waals surface area (Å²) in [4.78, 5) is 21.0. The molecule has 0 bridgehead atoms. The van der Waals surface area contributed by atoms with Crippen LogP contribution in [-0.2, 0) is 14.8 Å². The van der Waals surface area contributed by atoms with Crippen molar-refractivity contribution >= 4 is 39.4 Å². The van der Waals surface area contributed by atoms with Crippen LogP contribution < -0.4 is 4.90 Å². The number of benzene rings is 1. The average molecular weight is 463 g/mol. The summed E-state index contributed by atoms with van der Waals surface area (Å²) in [5.74, 6) is 0.665. The van der Waals surface area contributed by atoms with Crippen molar-refractivity contribution in [3.8, 4) is 0 Å². The number of hydrogen-bond donors (Lipinski definition) is 0. The third-order valence-corrected chi connectivity index (χ3v) is 7.63. The smallest absolute Gasteiger partial charge is 0.246 e. The van der Waals surface area contributed by atoms with Gasteiger partial charge in [0.15, 0.2) is 0 Å². The molecular formula is C22H27ClN4O3S. The normalized spacial score (nSPS) is 15.1. The Labute approximate surface area is 189 Å². The van der Waals surface area contributed by atoms with Crippen molar-refractivity contribution in [2.45, 2.75) is 18.7 Å². The number of rotatable bonds is 7. The van der Waals surface area contributed by atoms with Crippen LogP contribution in [0.1, 0.15) is 19.4 Å². The molecule has 0 saturated carbocycles. The van der Waals surface area contributed by atoms with E-state index in [4.69, 9.17) is 11.6 Å². The van der Waals surface area contributed by atoms with Gasteiger partial charge in [-0.1, -0.05) is 37.6 Å². The third kappa shape index (κ3) is 5.44. The van der Waals surface area contributed by atoms with Crippen molar-refractivity contribution in [3.05, 3.63) is 59.3 Å². The Balaban J connectivity index is 1.59. The SMILES string of the molecule is CCN(CC)S(=O)(=O)c1ccc(/C=C/C(=O)N2CCN(c3ncccc3Cl)CC2)cc1. The summed E-state index contributed by atoms with van der Waals surface area (Å²) in [5.41, 5.74) is 0.769. The van der Waals surface area contributed by atoms with Crippen molar-refractivity contribution in [2.75, 3.05) is 44.2 Å². The predicted octanol–water partition coefficient (Wildman–Crippen LogP) is 3.13. The molecule has 3 rings (SSSR count). The number of pyridine rings is 1. The zero-order valence-corrected chi connectivity index (χ0v) is 19.3. The van der Waals surface area contributed by atoms with Gasteiger partial charge >= 0.3 is 0 Å². The second-order valence-electron chi connectivity index (χ2n) is 7.11. The summed E-state index contributed by atoms with van der Waals surface area (Å²) in [6.07, 6.45) is 4.94. The van der Waals surface area contributed by atoms with Crippen LogP contribution in [0.4, 0.5) is 5.82 Å². The second-order valence-corrected chi connectivity index (χ2v) is 9.46. The molecule has 1 aliphatic rings. The van der Waals surface area contributed by atoms with E-state index < -0.39 is 10.0 Å². The van der Waals surface area contributed by atoms with Gasteiger partial charge in [0.25, 0.3) is 0 Å². The quantitative estimate of drug-likeness (QED) is 0.591. The van der Waals surface area contributed by atoms with Gasteiger partial charge in [-0.25, -0.2) is 13.4 Å². The Bertz CT molecular complexity index is 1030. The number of halogens is 1. The summed E-state index contributed by atoms with van der Waals surface area (Å²) < 4.78 is 26.5. The van der Waals surface area contributed by atoms with Gasteiger partial charge in [0.05, 0.1) is 9.92 Å². The van der Waals surface area contributed by atoms with Crippen molar-refractivity contribution in [2.24, 2.45) is 0 Å². The van der Waals surface area contributed by atoms with Crippen molar-refractivity contribution < 1.29 is 13.2 Å². The van der Waals surface area contributed by atoms with Crippen molar-refractivity contribution in [1.29, 1.82) is 0 Å². The second kappa shape index (κ2) is 10.3. The van der Waals surface area contributed by atoms with E-state index >= 15 is 0 Å². The van der Waals surface area contributed by atoms with Gasteiger partial charge in [0, 0.05) is 51.5 Å². The van der Waals surface area contributed by atoms with Crippen LogP contribution >= 0.6 is 11.6 Å². The number of piperazine rings is 1. The highest BCUT2D eigenvalue weighted by Gasteiger charge is 2.22. The molecule has 1 aromatic heterocycles. The highest BCUT2D eigenvalue weighted by atomic mass is 35.5. The summed E-state index contributed by atoms with van der Waals surface area (Å²) >= 11 is 6.21. The molecule has 7 nitrogen and oxygen atoms in total. The lowest BCUT2D eigenvalue weighted by molar-refractivity contribution is -0.126. The number of sulfonamides is 1. The Morgan fingerprint density at radius 2 is 1.74 bits per heavy atom. The summed E-state index contributed by atoms with van der Waals surface area (Å²) in [6.45, 7) is 6.96. The number of hydrogen-bond acceptors (Lipinski definition) is 5. The van der Waals surface area contributed by atoms with Crippen LogP contribution in [-0.4, -0.2) is 67.8 Å². The molecule has 0 N–H and O–H groups in total. The fraction of sp³-hybridized carbons (Fsp3) is 0.364. The van der Waals surface area contributed by atoms with E-state index in [2.05, 4.69) is 9.88 Å². The van der Waals surface area contributed by atoms with Crippen LogP contribution in [0.2, 0.25) is 5.02 Å². The Morgan fingerprint density at radius 1 is 1.10 bits per heavy atom. The van der Waals surface area contributed by atoms with E-state index in [0.717, 1.165) is 11.4 Å². The topological polar surface area (TPSA) is 73.8 Å². The van der Waals surface area contributed by atoms with Crippen LogP contribution in [0.15, 0.2) is 53.6 Å². The lowest BCUT2D eigenvalue weighted by Crippen LogP contribution is -2.48. The maximum atomic E-state index is 12.6. The van der Waals surface area contributed by atoms with E-state index in [-0.39, 0.29) is 10.8 Å². The first-order valence-corrected chi connectivity index (χ1v) is 12.1. The molecule has 1 fully saturated rings. The number of anilines is 1. The van der Waals surface area contributed by atoms with Gasteiger partial charge in [-0.3, -0.25) is 4.79 Å². The molecule has 0 unspecified atom stereocenters.